The van der Waals surface area contributed by atoms with Crippen LogP contribution in [0.15, 0.2) is 48.5 Å². The molecule has 4 amide bonds. The zero-order chi connectivity index (χ0) is 25.1. The maximum absolute atomic E-state index is 13.1. The van der Waals surface area contributed by atoms with Gasteiger partial charge in [0.2, 0.25) is 0 Å². The van der Waals surface area contributed by atoms with Crippen LogP contribution in [-0.2, 0) is 16.0 Å². The van der Waals surface area contributed by atoms with Gasteiger partial charge in [0.15, 0.2) is 11.5 Å². The number of fused-ring (bicyclic) bond motifs is 1. The quantitative estimate of drug-likeness (QED) is 0.577. The van der Waals surface area contributed by atoms with Crippen molar-refractivity contribution in [2.24, 2.45) is 0 Å². The number of aryl methyl sites for hydroxylation is 1. The lowest BCUT2D eigenvalue weighted by molar-refractivity contribution is -0.139. The molecule has 9 heteroatoms. The van der Waals surface area contributed by atoms with E-state index in [2.05, 4.69) is 15.6 Å². The highest BCUT2D eigenvalue weighted by Crippen LogP contribution is 2.37. The summed E-state index contributed by atoms with van der Waals surface area (Å²) in [6.45, 7) is 3.78. The third kappa shape index (κ3) is 5.02. The molecule has 5 rings (SSSR count). The smallest absolute Gasteiger partial charge is 0.344 e. The lowest BCUT2D eigenvalue weighted by Crippen LogP contribution is -2.51. The molecule has 2 aromatic carbocycles. The summed E-state index contributed by atoms with van der Waals surface area (Å²) in [7, 11) is 0. The van der Waals surface area contributed by atoms with Gasteiger partial charge in [-0.3, -0.25) is 19.9 Å². The minimum atomic E-state index is -1.07. The van der Waals surface area contributed by atoms with Gasteiger partial charge in [0.1, 0.15) is 5.54 Å². The number of carbonyl (C=O) groups is 3. The van der Waals surface area contributed by atoms with Crippen molar-refractivity contribution >= 4 is 17.8 Å². The van der Waals surface area contributed by atoms with E-state index in [1.54, 1.807) is 6.92 Å². The van der Waals surface area contributed by atoms with E-state index in [1.807, 2.05) is 48.5 Å². The van der Waals surface area contributed by atoms with Crippen molar-refractivity contribution < 1.29 is 23.9 Å². The molecule has 2 fully saturated rings. The summed E-state index contributed by atoms with van der Waals surface area (Å²) in [6, 6.07) is 15.2. The van der Waals surface area contributed by atoms with E-state index < -0.39 is 23.4 Å². The SMILES string of the molecule is C[C@]1(CCc2ccccc2)NC(=O)N(NC(=O)CN2CCC[C@@H]2c2ccc3c(c2)OCCCO3)C1=O. The van der Waals surface area contributed by atoms with Gasteiger partial charge in [0.05, 0.1) is 19.8 Å². The van der Waals surface area contributed by atoms with E-state index in [-0.39, 0.29) is 12.6 Å². The lowest BCUT2D eigenvalue weighted by Gasteiger charge is -2.26. The predicted octanol–water partition coefficient (Wildman–Crippen LogP) is 2.96. The average molecular weight is 493 g/mol. The van der Waals surface area contributed by atoms with Gasteiger partial charge < -0.3 is 14.8 Å². The summed E-state index contributed by atoms with van der Waals surface area (Å²) >= 11 is 0. The maximum Gasteiger partial charge on any atom is 0.344 e. The van der Waals surface area contributed by atoms with Crippen LogP contribution in [-0.4, -0.2) is 59.6 Å². The first-order chi connectivity index (χ1) is 17.4. The number of hydrazine groups is 1. The molecule has 3 aliphatic rings. The molecule has 0 bridgehead atoms. The van der Waals surface area contributed by atoms with Crippen LogP contribution in [0.3, 0.4) is 0 Å². The van der Waals surface area contributed by atoms with E-state index in [1.165, 1.54) is 0 Å². The standard InChI is InChI=1S/C27H32N4O5/c1-27(13-12-19-7-3-2-4-8-19)25(33)31(26(34)28-27)29-24(32)18-30-14-5-9-21(30)20-10-11-22-23(17-20)36-16-6-15-35-22/h2-4,7-8,10-11,17,21H,5-6,9,12-16,18H2,1H3,(H,28,34)(H,29,32)/t21-,27-/m1/s1. The van der Waals surface area contributed by atoms with Crippen LogP contribution in [0.4, 0.5) is 4.79 Å². The van der Waals surface area contributed by atoms with E-state index in [0.717, 1.165) is 53.4 Å². The van der Waals surface area contributed by atoms with Crippen molar-refractivity contribution in [1.82, 2.24) is 20.7 Å². The van der Waals surface area contributed by atoms with Gasteiger partial charge >= 0.3 is 6.03 Å². The van der Waals surface area contributed by atoms with Crippen molar-refractivity contribution in [3.63, 3.8) is 0 Å². The van der Waals surface area contributed by atoms with Crippen molar-refractivity contribution in [3.05, 3.63) is 59.7 Å². The highest BCUT2D eigenvalue weighted by molar-refractivity contribution is 6.07. The van der Waals surface area contributed by atoms with E-state index in [9.17, 15) is 14.4 Å². The molecule has 190 valence electrons. The maximum atomic E-state index is 13.1. The average Bonchev–Trinajstić information content (AvgIpc) is 3.31. The Hall–Kier alpha value is -3.59. The number of amides is 4. The molecule has 0 unspecified atom stereocenters. The molecular formula is C27H32N4O5. The summed E-state index contributed by atoms with van der Waals surface area (Å²) in [5.74, 6) is 0.632. The Morgan fingerprint density at radius 2 is 1.86 bits per heavy atom. The number of urea groups is 1. The Morgan fingerprint density at radius 1 is 1.08 bits per heavy atom. The zero-order valence-electron chi connectivity index (χ0n) is 20.5. The van der Waals surface area contributed by atoms with Gasteiger partial charge in [-0.15, -0.1) is 0 Å². The first kappa shape index (κ1) is 24.1. The fourth-order valence-corrected chi connectivity index (χ4v) is 5.12. The molecule has 0 aromatic heterocycles. The molecule has 2 saturated heterocycles. The third-order valence-electron chi connectivity index (χ3n) is 7.12. The van der Waals surface area contributed by atoms with Crippen LogP contribution < -0.4 is 20.2 Å². The summed E-state index contributed by atoms with van der Waals surface area (Å²) in [4.78, 5) is 40.6. The molecule has 2 N–H and O–H groups in total. The number of carbonyl (C=O) groups excluding carboxylic acids is 3. The number of benzene rings is 2. The second-order valence-corrected chi connectivity index (χ2v) is 9.81. The Labute approximate surface area is 210 Å². The van der Waals surface area contributed by atoms with Crippen molar-refractivity contribution in [3.8, 4) is 11.5 Å². The molecule has 2 atom stereocenters. The number of rotatable bonds is 7. The van der Waals surface area contributed by atoms with Crippen LogP contribution in [0.25, 0.3) is 0 Å². The molecular weight excluding hydrogens is 460 g/mol. The summed E-state index contributed by atoms with van der Waals surface area (Å²) in [5.41, 5.74) is 3.61. The molecule has 3 aliphatic heterocycles. The topological polar surface area (TPSA) is 100 Å². The van der Waals surface area contributed by atoms with Crippen molar-refractivity contribution in [2.75, 3.05) is 26.3 Å². The summed E-state index contributed by atoms with van der Waals surface area (Å²) < 4.78 is 11.6. The molecule has 36 heavy (non-hydrogen) atoms. The third-order valence-corrected chi connectivity index (χ3v) is 7.12. The summed E-state index contributed by atoms with van der Waals surface area (Å²) in [6.07, 6.45) is 3.77. The highest BCUT2D eigenvalue weighted by Gasteiger charge is 2.48. The number of hydrogen-bond acceptors (Lipinski definition) is 6. The van der Waals surface area contributed by atoms with Crippen LogP contribution in [0, 0.1) is 0 Å². The lowest BCUT2D eigenvalue weighted by atomic mass is 9.93. The Morgan fingerprint density at radius 3 is 2.67 bits per heavy atom. The van der Waals surface area contributed by atoms with Gasteiger partial charge in [0, 0.05) is 12.5 Å². The Bertz CT molecular complexity index is 1140. The second kappa shape index (κ2) is 10.2. The fourth-order valence-electron chi connectivity index (χ4n) is 5.12. The molecule has 2 aromatic rings. The second-order valence-electron chi connectivity index (χ2n) is 9.81. The Balaban J connectivity index is 1.20. The van der Waals surface area contributed by atoms with E-state index in [0.29, 0.717) is 26.1 Å². The first-order valence-corrected chi connectivity index (χ1v) is 12.6. The van der Waals surface area contributed by atoms with Gasteiger partial charge in [-0.1, -0.05) is 36.4 Å². The van der Waals surface area contributed by atoms with Gasteiger partial charge in [-0.2, -0.15) is 5.01 Å². The van der Waals surface area contributed by atoms with Gasteiger partial charge in [0.25, 0.3) is 11.8 Å². The van der Waals surface area contributed by atoms with E-state index in [4.69, 9.17) is 9.47 Å². The largest absolute Gasteiger partial charge is 0.490 e. The number of nitrogens with one attached hydrogen (secondary N) is 2. The molecule has 0 aliphatic carbocycles. The van der Waals surface area contributed by atoms with Crippen LogP contribution in [0.1, 0.15) is 49.8 Å². The number of likely N-dealkylation sites (tertiary alicyclic amines) is 1. The van der Waals surface area contributed by atoms with Gasteiger partial charge in [-0.05, 0) is 62.4 Å². The molecule has 3 heterocycles. The molecule has 0 radical (unpaired) electrons. The normalized spacial score (nSPS) is 23.9. The fraction of sp³-hybridized carbons (Fsp3) is 0.444. The summed E-state index contributed by atoms with van der Waals surface area (Å²) in [5, 5.41) is 3.58. The molecule has 0 saturated carbocycles. The monoisotopic (exact) mass is 492 g/mol. The number of imide groups is 1. The van der Waals surface area contributed by atoms with E-state index >= 15 is 0 Å². The minimum absolute atomic E-state index is 0.0483. The van der Waals surface area contributed by atoms with Crippen LogP contribution in [0.5, 0.6) is 11.5 Å². The van der Waals surface area contributed by atoms with Gasteiger partial charge in [-0.25, -0.2) is 4.79 Å². The molecule has 9 nitrogen and oxygen atoms in total. The van der Waals surface area contributed by atoms with Crippen molar-refractivity contribution in [2.45, 2.75) is 50.6 Å². The number of ether oxygens (including phenoxy) is 2. The number of nitrogens with zero attached hydrogens (tertiary/aromatic N) is 2. The first-order valence-electron chi connectivity index (χ1n) is 12.6. The Kier molecular flexibility index (Phi) is 6.82. The zero-order valence-corrected chi connectivity index (χ0v) is 20.5. The number of hydrogen-bond donors (Lipinski definition) is 2. The van der Waals surface area contributed by atoms with Crippen LogP contribution >= 0.6 is 0 Å². The van der Waals surface area contributed by atoms with Crippen LogP contribution in [0.2, 0.25) is 0 Å². The molecule has 0 spiro atoms. The minimum Gasteiger partial charge on any atom is -0.490 e. The highest BCUT2D eigenvalue weighted by atomic mass is 16.5. The predicted molar refractivity (Wildman–Crippen MR) is 132 cm³/mol. The van der Waals surface area contributed by atoms with Crippen molar-refractivity contribution in [1.29, 1.82) is 0 Å².